The van der Waals surface area contributed by atoms with Gasteiger partial charge in [-0.15, -0.1) is 0 Å². The number of hydrogen-bond donors (Lipinski definition) is 1. The summed E-state index contributed by atoms with van der Waals surface area (Å²) < 4.78 is 11.0. The summed E-state index contributed by atoms with van der Waals surface area (Å²) in [6.07, 6.45) is 9.82. The highest BCUT2D eigenvalue weighted by Crippen LogP contribution is 2.24. The number of benzene rings is 1. The summed E-state index contributed by atoms with van der Waals surface area (Å²) >= 11 is 0. The topological polar surface area (TPSA) is 99.1 Å². The number of hydrogen-bond acceptors (Lipinski definition) is 7. The summed E-state index contributed by atoms with van der Waals surface area (Å²) in [4.78, 5) is 29.3. The molecule has 1 aliphatic carbocycles. The van der Waals surface area contributed by atoms with Gasteiger partial charge in [-0.25, -0.2) is 0 Å². The van der Waals surface area contributed by atoms with Gasteiger partial charge >= 0.3 is 0 Å². The molecule has 2 aromatic heterocycles. The lowest BCUT2D eigenvalue weighted by molar-refractivity contribution is 0.0889. The lowest BCUT2D eigenvalue weighted by Gasteiger charge is -2.29. The fraction of sp³-hybridized carbons (Fsp3) is 0.350. The normalized spacial score (nSPS) is 19.2. The molecule has 144 valence electrons. The molecule has 1 aromatic carbocycles. The van der Waals surface area contributed by atoms with E-state index in [4.69, 9.17) is 9.47 Å². The van der Waals surface area contributed by atoms with Crippen molar-refractivity contribution >= 4 is 16.9 Å². The van der Waals surface area contributed by atoms with Gasteiger partial charge in [-0.2, -0.15) is 4.98 Å². The number of carbonyl (C=O) groups is 1. The third-order valence-corrected chi connectivity index (χ3v) is 4.83. The van der Waals surface area contributed by atoms with Gasteiger partial charge in [0, 0.05) is 24.0 Å². The summed E-state index contributed by atoms with van der Waals surface area (Å²) in [6, 6.07) is 5.49. The number of aromatic nitrogens is 4. The van der Waals surface area contributed by atoms with Gasteiger partial charge < -0.3 is 14.8 Å². The quantitative estimate of drug-likeness (QED) is 0.727. The highest BCUT2D eigenvalue weighted by atomic mass is 16.5. The first-order valence-electron chi connectivity index (χ1n) is 9.25. The lowest BCUT2D eigenvalue weighted by atomic mass is 9.92. The highest BCUT2D eigenvalue weighted by molar-refractivity contribution is 5.97. The molecule has 0 saturated heterocycles. The molecule has 28 heavy (non-hydrogen) atoms. The van der Waals surface area contributed by atoms with Crippen molar-refractivity contribution in [2.24, 2.45) is 0 Å². The van der Waals surface area contributed by atoms with E-state index in [1.165, 1.54) is 6.20 Å². The Morgan fingerprint density at radius 1 is 1.04 bits per heavy atom. The molecule has 1 saturated carbocycles. The van der Waals surface area contributed by atoms with Gasteiger partial charge in [0.05, 0.1) is 30.5 Å². The number of fused-ring (bicyclic) bond motifs is 1. The van der Waals surface area contributed by atoms with Crippen molar-refractivity contribution in [2.45, 2.75) is 37.8 Å². The van der Waals surface area contributed by atoms with Crippen molar-refractivity contribution in [1.82, 2.24) is 25.3 Å². The Hall–Kier alpha value is -3.29. The SMILES string of the molecule is COc1cncc(OC2CCC(NC(=O)c3ccc4nccnc4c3)CC2)n1. The number of ether oxygens (including phenoxy) is 2. The first-order valence-corrected chi connectivity index (χ1v) is 9.25. The molecular formula is C20H21N5O3. The van der Waals surface area contributed by atoms with Crippen LogP contribution in [-0.4, -0.2) is 45.1 Å². The number of rotatable bonds is 5. The smallest absolute Gasteiger partial charge is 0.251 e. The third kappa shape index (κ3) is 4.16. The van der Waals surface area contributed by atoms with Crippen LogP contribution in [0.15, 0.2) is 43.0 Å². The van der Waals surface area contributed by atoms with Crippen molar-refractivity contribution in [3.8, 4) is 11.8 Å². The fourth-order valence-electron chi connectivity index (χ4n) is 3.36. The predicted octanol–water partition coefficient (Wildman–Crippen LogP) is 2.55. The van der Waals surface area contributed by atoms with Crippen LogP contribution in [0.2, 0.25) is 0 Å². The van der Waals surface area contributed by atoms with Crippen molar-refractivity contribution in [2.75, 3.05) is 7.11 Å². The molecular weight excluding hydrogens is 358 g/mol. The number of nitrogens with zero attached hydrogens (tertiary/aromatic N) is 4. The van der Waals surface area contributed by atoms with E-state index in [0.717, 1.165) is 31.2 Å². The Bertz CT molecular complexity index is 973. The molecule has 1 amide bonds. The molecule has 0 bridgehead atoms. The van der Waals surface area contributed by atoms with E-state index in [2.05, 4.69) is 25.3 Å². The largest absolute Gasteiger partial charge is 0.480 e. The maximum atomic E-state index is 12.6. The second kappa shape index (κ2) is 8.16. The van der Waals surface area contributed by atoms with Gasteiger partial charge in [0.25, 0.3) is 5.91 Å². The van der Waals surface area contributed by atoms with Crippen LogP contribution < -0.4 is 14.8 Å². The summed E-state index contributed by atoms with van der Waals surface area (Å²) in [5, 5.41) is 3.11. The Balaban J connectivity index is 1.31. The molecule has 4 rings (SSSR count). The van der Waals surface area contributed by atoms with E-state index in [1.54, 1.807) is 37.8 Å². The average Bonchev–Trinajstić information content (AvgIpc) is 2.75. The van der Waals surface area contributed by atoms with Crippen LogP contribution >= 0.6 is 0 Å². The number of carbonyl (C=O) groups excluding carboxylic acids is 1. The van der Waals surface area contributed by atoms with Gasteiger partial charge in [-0.3, -0.25) is 19.7 Å². The standard InChI is InChI=1S/C20H21N5O3/c1-27-18-11-21-12-19(25-18)28-15-5-3-14(4-6-15)24-20(26)13-2-7-16-17(10-13)23-9-8-22-16/h2,7-12,14-15H,3-6H2,1H3,(H,24,26). The predicted molar refractivity (Wildman–Crippen MR) is 102 cm³/mol. The zero-order valence-corrected chi connectivity index (χ0v) is 15.5. The minimum Gasteiger partial charge on any atom is -0.480 e. The minimum atomic E-state index is -0.0874. The Morgan fingerprint density at radius 2 is 1.79 bits per heavy atom. The van der Waals surface area contributed by atoms with Crippen molar-refractivity contribution in [1.29, 1.82) is 0 Å². The average molecular weight is 379 g/mol. The first-order chi connectivity index (χ1) is 13.7. The van der Waals surface area contributed by atoms with E-state index in [0.29, 0.717) is 22.8 Å². The van der Waals surface area contributed by atoms with Gasteiger partial charge in [-0.05, 0) is 43.9 Å². The summed E-state index contributed by atoms with van der Waals surface area (Å²) in [5.74, 6) is 0.804. The van der Waals surface area contributed by atoms with Crippen LogP contribution in [0.4, 0.5) is 0 Å². The number of nitrogens with one attached hydrogen (secondary N) is 1. The highest BCUT2D eigenvalue weighted by Gasteiger charge is 2.24. The molecule has 0 aliphatic heterocycles. The van der Waals surface area contributed by atoms with Gasteiger partial charge in [0.2, 0.25) is 11.8 Å². The molecule has 0 unspecified atom stereocenters. The Labute approximate surface area is 162 Å². The van der Waals surface area contributed by atoms with Gasteiger partial charge in [0.1, 0.15) is 6.10 Å². The fourth-order valence-corrected chi connectivity index (χ4v) is 3.36. The van der Waals surface area contributed by atoms with Crippen LogP contribution in [-0.2, 0) is 0 Å². The van der Waals surface area contributed by atoms with Crippen LogP contribution in [0.3, 0.4) is 0 Å². The van der Waals surface area contributed by atoms with E-state index in [-0.39, 0.29) is 18.1 Å². The summed E-state index contributed by atoms with van der Waals surface area (Å²) in [6.45, 7) is 0. The minimum absolute atomic E-state index is 0.0606. The lowest BCUT2D eigenvalue weighted by Crippen LogP contribution is -2.39. The molecule has 0 atom stereocenters. The van der Waals surface area contributed by atoms with Gasteiger partial charge in [-0.1, -0.05) is 0 Å². The second-order valence-electron chi connectivity index (χ2n) is 6.72. The second-order valence-corrected chi connectivity index (χ2v) is 6.72. The van der Waals surface area contributed by atoms with Crippen molar-refractivity contribution < 1.29 is 14.3 Å². The summed E-state index contributed by atoms with van der Waals surface area (Å²) in [5.41, 5.74) is 2.09. The van der Waals surface area contributed by atoms with E-state index >= 15 is 0 Å². The molecule has 2 heterocycles. The monoisotopic (exact) mass is 379 g/mol. The maximum Gasteiger partial charge on any atom is 0.251 e. The Kier molecular flexibility index (Phi) is 5.27. The number of amides is 1. The Morgan fingerprint density at radius 3 is 2.57 bits per heavy atom. The molecule has 0 spiro atoms. The molecule has 8 heteroatoms. The van der Waals surface area contributed by atoms with E-state index in [1.807, 2.05) is 6.07 Å². The van der Waals surface area contributed by atoms with Crippen molar-refractivity contribution in [3.63, 3.8) is 0 Å². The zero-order chi connectivity index (χ0) is 19.3. The zero-order valence-electron chi connectivity index (χ0n) is 15.5. The molecule has 3 aromatic rings. The molecule has 1 N–H and O–H groups in total. The maximum absolute atomic E-state index is 12.6. The van der Waals surface area contributed by atoms with Crippen LogP contribution in [0.1, 0.15) is 36.0 Å². The third-order valence-electron chi connectivity index (χ3n) is 4.83. The molecule has 1 fully saturated rings. The molecule has 8 nitrogen and oxygen atoms in total. The van der Waals surface area contributed by atoms with Crippen LogP contribution in [0, 0.1) is 0 Å². The first kappa shape index (κ1) is 18.1. The van der Waals surface area contributed by atoms with E-state index < -0.39 is 0 Å². The number of methoxy groups -OCH3 is 1. The summed E-state index contributed by atoms with van der Waals surface area (Å²) in [7, 11) is 1.55. The van der Waals surface area contributed by atoms with Gasteiger partial charge in [0.15, 0.2) is 0 Å². The van der Waals surface area contributed by atoms with Crippen LogP contribution in [0.25, 0.3) is 11.0 Å². The van der Waals surface area contributed by atoms with Crippen molar-refractivity contribution in [3.05, 3.63) is 48.5 Å². The van der Waals surface area contributed by atoms with E-state index in [9.17, 15) is 4.79 Å². The van der Waals surface area contributed by atoms with Crippen LogP contribution in [0.5, 0.6) is 11.8 Å². The molecule has 1 aliphatic rings. The molecule has 0 radical (unpaired) electrons.